The van der Waals surface area contributed by atoms with Crippen LogP contribution in [0.4, 0.5) is 4.39 Å². The van der Waals surface area contributed by atoms with Gasteiger partial charge in [-0.15, -0.1) is 0 Å². The van der Waals surface area contributed by atoms with Crippen LogP contribution in [0.5, 0.6) is 0 Å². The minimum atomic E-state index is -0.107. The van der Waals surface area contributed by atoms with Crippen molar-refractivity contribution < 1.29 is 4.39 Å². The molecule has 1 fully saturated rings. The minimum Gasteiger partial charge on any atom is -0.313 e. The molecule has 1 N–H and O–H groups in total. The summed E-state index contributed by atoms with van der Waals surface area (Å²) in [5.41, 5.74) is 0.808. The van der Waals surface area contributed by atoms with Crippen molar-refractivity contribution in [2.24, 2.45) is 5.92 Å². The molecule has 0 radical (unpaired) electrons. The van der Waals surface area contributed by atoms with Gasteiger partial charge in [-0.1, -0.05) is 44.2 Å². The highest BCUT2D eigenvalue weighted by atomic mass is 79.9. The van der Waals surface area contributed by atoms with E-state index >= 15 is 0 Å². The van der Waals surface area contributed by atoms with E-state index in [4.69, 9.17) is 0 Å². The van der Waals surface area contributed by atoms with E-state index in [-0.39, 0.29) is 11.9 Å². The first-order valence-corrected chi connectivity index (χ1v) is 8.14. The molecule has 0 heterocycles. The molecule has 0 spiro atoms. The van der Waals surface area contributed by atoms with E-state index in [1.807, 2.05) is 19.2 Å². The van der Waals surface area contributed by atoms with Crippen LogP contribution < -0.4 is 5.32 Å². The normalized spacial score (nSPS) is 19.7. The number of hydrogen-bond donors (Lipinski definition) is 1. The molecule has 1 unspecified atom stereocenters. The lowest BCUT2D eigenvalue weighted by Crippen LogP contribution is -2.27. The van der Waals surface area contributed by atoms with Gasteiger partial charge in [0.05, 0.1) is 4.47 Å². The van der Waals surface area contributed by atoms with Gasteiger partial charge >= 0.3 is 0 Å². The van der Waals surface area contributed by atoms with Gasteiger partial charge in [0.1, 0.15) is 5.82 Å². The lowest BCUT2D eigenvalue weighted by Gasteiger charge is -2.29. The van der Waals surface area contributed by atoms with Crippen molar-refractivity contribution >= 4 is 15.9 Å². The molecular formula is C16H23BrFN. The number of rotatable bonds is 3. The van der Waals surface area contributed by atoms with Crippen molar-refractivity contribution in [3.8, 4) is 0 Å². The van der Waals surface area contributed by atoms with Crippen molar-refractivity contribution in [1.29, 1.82) is 0 Å². The Kier molecular flexibility index (Phi) is 5.83. The van der Waals surface area contributed by atoms with Gasteiger partial charge in [0, 0.05) is 11.6 Å². The standard InChI is InChI=1S/C16H23BrFN/c1-19-16(12-8-5-3-2-4-6-9-12)13-10-7-11-14(17)15(13)18/h7,10-12,16,19H,2-6,8-9H2,1H3. The van der Waals surface area contributed by atoms with E-state index in [0.717, 1.165) is 5.56 Å². The van der Waals surface area contributed by atoms with E-state index in [1.54, 1.807) is 6.07 Å². The molecule has 1 aliphatic rings. The Morgan fingerprint density at radius 2 is 1.79 bits per heavy atom. The fourth-order valence-electron chi connectivity index (χ4n) is 3.23. The van der Waals surface area contributed by atoms with E-state index in [2.05, 4.69) is 21.2 Å². The Labute approximate surface area is 124 Å². The van der Waals surface area contributed by atoms with Crippen LogP contribution in [0.2, 0.25) is 0 Å². The van der Waals surface area contributed by atoms with Gasteiger partial charge in [0.25, 0.3) is 0 Å². The van der Waals surface area contributed by atoms with E-state index in [9.17, 15) is 4.39 Å². The van der Waals surface area contributed by atoms with Crippen molar-refractivity contribution in [1.82, 2.24) is 5.32 Å². The van der Waals surface area contributed by atoms with Gasteiger partial charge < -0.3 is 5.32 Å². The summed E-state index contributed by atoms with van der Waals surface area (Å²) in [5, 5.41) is 3.34. The van der Waals surface area contributed by atoms with Crippen LogP contribution in [0.1, 0.15) is 56.6 Å². The average molecular weight is 328 g/mol. The summed E-state index contributed by atoms with van der Waals surface area (Å²) in [7, 11) is 1.95. The maximum Gasteiger partial charge on any atom is 0.142 e. The SMILES string of the molecule is CNC(c1cccc(Br)c1F)C1CCCCCCC1. The highest BCUT2D eigenvalue weighted by Gasteiger charge is 2.25. The molecule has 0 aliphatic heterocycles. The summed E-state index contributed by atoms with van der Waals surface area (Å²) in [6, 6.07) is 5.75. The third kappa shape index (κ3) is 3.79. The van der Waals surface area contributed by atoms with Gasteiger partial charge in [-0.3, -0.25) is 0 Å². The molecule has 19 heavy (non-hydrogen) atoms. The molecule has 1 aromatic carbocycles. The Bertz CT molecular complexity index is 400. The minimum absolute atomic E-state index is 0.107. The third-order valence-corrected chi connectivity index (χ3v) is 4.86. The maximum atomic E-state index is 14.3. The molecule has 1 aliphatic carbocycles. The second kappa shape index (κ2) is 7.39. The fourth-order valence-corrected chi connectivity index (χ4v) is 3.61. The largest absolute Gasteiger partial charge is 0.313 e. The highest BCUT2D eigenvalue weighted by molar-refractivity contribution is 9.10. The zero-order chi connectivity index (χ0) is 13.7. The van der Waals surface area contributed by atoms with Crippen LogP contribution in [0, 0.1) is 11.7 Å². The Balaban J connectivity index is 2.19. The lowest BCUT2D eigenvalue weighted by molar-refractivity contribution is 0.294. The molecule has 1 atom stereocenters. The molecule has 0 saturated heterocycles. The summed E-state index contributed by atoms with van der Waals surface area (Å²) >= 11 is 3.29. The molecule has 1 saturated carbocycles. The second-order valence-corrected chi connectivity index (χ2v) is 6.37. The molecule has 1 nitrogen and oxygen atoms in total. The van der Waals surface area contributed by atoms with Gasteiger partial charge in [-0.25, -0.2) is 4.39 Å². The molecule has 0 aromatic heterocycles. The predicted octanol–water partition coefficient (Wildman–Crippen LogP) is 5.21. The monoisotopic (exact) mass is 327 g/mol. The third-order valence-electron chi connectivity index (χ3n) is 4.25. The molecule has 0 bridgehead atoms. The fraction of sp³-hybridized carbons (Fsp3) is 0.625. The van der Waals surface area contributed by atoms with Crippen LogP contribution in [0.15, 0.2) is 22.7 Å². The Morgan fingerprint density at radius 3 is 2.42 bits per heavy atom. The van der Waals surface area contributed by atoms with Crippen LogP contribution >= 0.6 is 15.9 Å². The summed E-state index contributed by atoms with van der Waals surface area (Å²) < 4.78 is 14.9. The van der Waals surface area contributed by atoms with Crippen LogP contribution in [0.3, 0.4) is 0 Å². The maximum absolute atomic E-state index is 14.3. The zero-order valence-corrected chi connectivity index (χ0v) is 13.2. The van der Waals surface area contributed by atoms with Gasteiger partial charge in [0.2, 0.25) is 0 Å². The summed E-state index contributed by atoms with van der Waals surface area (Å²) in [4.78, 5) is 0. The topological polar surface area (TPSA) is 12.0 Å². The van der Waals surface area contributed by atoms with Crippen molar-refractivity contribution in [3.05, 3.63) is 34.1 Å². The summed E-state index contributed by atoms with van der Waals surface area (Å²) in [5.74, 6) is 0.443. The van der Waals surface area contributed by atoms with Crippen LogP contribution in [-0.4, -0.2) is 7.05 Å². The molecule has 0 amide bonds. The van der Waals surface area contributed by atoms with E-state index < -0.39 is 0 Å². The van der Waals surface area contributed by atoms with Gasteiger partial charge in [-0.2, -0.15) is 0 Å². The molecule has 106 valence electrons. The van der Waals surface area contributed by atoms with Gasteiger partial charge in [0.15, 0.2) is 0 Å². The number of benzene rings is 1. The Morgan fingerprint density at radius 1 is 1.16 bits per heavy atom. The highest BCUT2D eigenvalue weighted by Crippen LogP contribution is 2.35. The first-order valence-electron chi connectivity index (χ1n) is 7.35. The van der Waals surface area contributed by atoms with Crippen LogP contribution in [-0.2, 0) is 0 Å². The van der Waals surface area contributed by atoms with E-state index in [0.29, 0.717) is 10.4 Å². The van der Waals surface area contributed by atoms with Crippen molar-refractivity contribution in [3.63, 3.8) is 0 Å². The van der Waals surface area contributed by atoms with E-state index in [1.165, 1.54) is 44.9 Å². The Hall–Kier alpha value is -0.410. The van der Waals surface area contributed by atoms with Gasteiger partial charge in [-0.05, 0) is 47.8 Å². The van der Waals surface area contributed by atoms with Crippen LogP contribution in [0.25, 0.3) is 0 Å². The lowest BCUT2D eigenvalue weighted by atomic mass is 9.83. The smallest absolute Gasteiger partial charge is 0.142 e. The number of hydrogen-bond acceptors (Lipinski definition) is 1. The second-order valence-electron chi connectivity index (χ2n) is 5.51. The molecule has 3 heteroatoms. The van der Waals surface area contributed by atoms with Crippen molar-refractivity contribution in [2.75, 3.05) is 7.05 Å². The molecule has 2 rings (SSSR count). The predicted molar refractivity (Wildman–Crippen MR) is 81.7 cm³/mol. The van der Waals surface area contributed by atoms with Crippen molar-refractivity contribution in [2.45, 2.75) is 51.0 Å². The number of halogens is 2. The summed E-state index contributed by atoms with van der Waals surface area (Å²) in [6.45, 7) is 0. The molecular weight excluding hydrogens is 305 g/mol. The first kappa shape index (κ1) is 15.0. The zero-order valence-electron chi connectivity index (χ0n) is 11.6. The number of nitrogens with one attached hydrogen (secondary N) is 1. The average Bonchev–Trinajstić information content (AvgIpc) is 2.37. The molecule has 1 aromatic rings. The quantitative estimate of drug-likeness (QED) is 0.803. The summed E-state index contributed by atoms with van der Waals surface area (Å²) in [6.07, 6.45) is 8.98. The first-order chi connectivity index (χ1) is 9.24.